The molecule has 0 bridgehead atoms. The SMILES string of the molecule is CCc1ccc(NC(=O)c2cnn(-c3cccc(Cl)c3C)c2C2CCNCC2)cc1.Cl. The molecule has 1 fully saturated rings. The van der Waals surface area contributed by atoms with Crippen LogP contribution < -0.4 is 10.6 Å². The summed E-state index contributed by atoms with van der Waals surface area (Å²) in [5, 5.41) is 11.8. The van der Waals surface area contributed by atoms with Gasteiger partial charge in [-0.3, -0.25) is 4.79 Å². The number of nitrogens with one attached hydrogen (secondary N) is 2. The van der Waals surface area contributed by atoms with Crippen LogP contribution in [0.4, 0.5) is 5.69 Å². The zero-order chi connectivity index (χ0) is 21.1. The maximum absolute atomic E-state index is 13.2. The largest absolute Gasteiger partial charge is 0.322 e. The molecule has 1 saturated heterocycles. The summed E-state index contributed by atoms with van der Waals surface area (Å²) in [6.07, 6.45) is 4.60. The number of nitrogens with zero attached hydrogens (tertiary/aromatic N) is 2. The first kappa shape index (κ1) is 23.3. The maximum atomic E-state index is 13.2. The van der Waals surface area contributed by atoms with E-state index in [0.717, 1.165) is 55.0 Å². The maximum Gasteiger partial charge on any atom is 0.259 e. The van der Waals surface area contributed by atoms with Gasteiger partial charge in [-0.05, 0) is 74.7 Å². The predicted octanol–water partition coefficient (Wildman–Crippen LogP) is 5.54. The van der Waals surface area contributed by atoms with Crippen LogP contribution in [0.1, 0.15) is 52.9 Å². The quantitative estimate of drug-likeness (QED) is 0.527. The molecule has 2 aromatic carbocycles. The van der Waals surface area contributed by atoms with E-state index in [-0.39, 0.29) is 24.2 Å². The van der Waals surface area contributed by atoms with E-state index in [1.165, 1.54) is 5.56 Å². The Morgan fingerprint density at radius 1 is 1.19 bits per heavy atom. The number of halogens is 2. The lowest BCUT2D eigenvalue weighted by atomic mass is 9.91. The van der Waals surface area contributed by atoms with Crippen molar-refractivity contribution in [1.29, 1.82) is 0 Å². The summed E-state index contributed by atoms with van der Waals surface area (Å²) in [6, 6.07) is 13.8. The summed E-state index contributed by atoms with van der Waals surface area (Å²) in [5.41, 5.74) is 5.50. The zero-order valence-corrected chi connectivity index (χ0v) is 19.4. The Balaban J connectivity index is 0.00000272. The minimum Gasteiger partial charge on any atom is -0.322 e. The molecule has 0 unspecified atom stereocenters. The molecule has 0 saturated carbocycles. The van der Waals surface area contributed by atoms with Crippen molar-refractivity contribution in [2.24, 2.45) is 0 Å². The van der Waals surface area contributed by atoms with Crippen LogP contribution in [0.2, 0.25) is 5.02 Å². The van der Waals surface area contributed by atoms with Gasteiger partial charge in [0.25, 0.3) is 5.91 Å². The molecule has 1 aliphatic rings. The third kappa shape index (κ3) is 4.95. The fourth-order valence-electron chi connectivity index (χ4n) is 4.06. The van der Waals surface area contributed by atoms with Gasteiger partial charge in [0.1, 0.15) is 0 Å². The number of hydrogen-bond acceptors (Lipinski definition) is 3. The lowest BCUT2D eigenvalue weighted by Crippen LogP contribution is -2.29. The lowest BCUT2D eigenvalue weighted by Gasteiger charge is -2.25. The van der Waals surface area contributed by atoms with E-state index in [1.54, 1.807) is 6.20 Å². The number of hydrogen-bond donors (Lipinski definition) is 2. The highest BCUT2D eigenvalue weighted by Gasteiger charge is 2.27. The van der Waals surface area contributed by atoms with E-state index < -0.39 is 0 Å². The molecule has 3 aromatic rings. The van der Waals surface area contributed by atoms with Crippen molar-refractivity contribution in [2.45, 2.75) is 39.0 Å². The van der Waals surface area contributed by atoms with E-state index in [0.29, 0.717) is 10.6 Å². The van der Waals surface area contributed by atoms with Crippen molar-refractivity contribution in [3.05, 3.63) is 76.1 Å². The molecule has 0 spiro atoms. The average Bonchev–Trinajstić information content (AvgIpc) is 3.22. The molecular weight excluding hydrogens is 431 g/mol. The Bertz CT molecular complexity index is 1040. The minimum atomic E-state index is -0.126. The number of aromatic nitrogens is 2. The summed E-state index contributed by atoms with van der Waals surface area (Å²) >= 11 is 6.37. The normalized spacial score (nSPS) is 14.2. The topological polar surface area (TPSA) is 59.0 Å². The van der Waals surface area contributed by atoms with E-state index >= 15 is 0 Å². The zero-order valence-electron chi connectivity index (χ0n) is 17.8. The van der Waals surface area contributed by atoms with Crippen molar-refractivity contribution >= 4 is 35.6 Å². The highest BCUT2D eigenvalue weighted by molar-refractivity contribution is 6.31. The molecule has 1 amide bonds. The number of carbonyl (C=O) groups excluding carboxylic acids is 1. The van der Waals surface area contributed by atoms with Gasteiger partial charge >= 0.3 is 0 Å². The van der Waals surface area contributed by atoms with Gasteiger partial charge < -0.3 is 10.6 Å². The number of piperidine rings is 1. The fourth-order valence-corrected chi connectivity index (χ4v) is 4.23. The minimum absolute atomic E-state index is 0. The van der Waals surface area contributed by atoms with Gasteiger partial charge in [-0.15, -0.1) is 12.4 Å². The molecule has 7 heteroatoms. The summed E-state index contributed by atoms with van der Waals surface area (Å²) in [7, 11) is 0. The summed E-state index contributed by atoms with van der Waals surface area (Å²) in [4.78, 5) is 13.2. The van der Waals surface area contributed by atoms with Gasteiger partial charge in [0.2, 0.25) is 0 Å². The Morgan fingerprint density at radius 2 is 1.90 bits per heavy atom. The molecule has 164 valence electrons. The molecule has 4 rings (SSSR count). The first-order valence-electron chi connectivity index (χ1n) is 10.5. The molecule has 0 aliphatic carbocycles. The first-order valence-corrected chi connectivity index (χ1v) is 10.9. The number of carbonyl (C=O) groups is 1. The van der Waals surface area contributed by atoms with Gasteiger partial charge in [0.15, 0.2) is 0 Å². The molecule has 5 nitrogen and oxygen atoms in total. The molecule has 2 N–H and O–H groups in total. The monoisotopic (exact) mass is 458 g/mol. The fraction of sp³-hybridized carbons (Fsp3) is 0.333. The van der Waals surface area contributed by atoms with Crippen molar-refractivity contribution in [1.82, 2.24) is 15.1 Å². The van der Waals surface area contributed by atoms with Crippen LogP contribution in [0.3, 0.4) is 0 Å². The van der Waals surface area contributed by atoms with E-state index in [4.69, 9.17) is 11.6 Å². The molecule has 0 atom stereocenters. The molecule has 2 heterocycles. The van der Waals surface area contributed by atoms with Crippen LogP contribution in [-0.4, -0.2) is 28.8 Å². The number of rotatable bonds is 5. The van der Waals surface area contributed by atoms with Gasteiger partial charge in [0.05, 0.1) is 23.1 Å². The van der Waals surface area contributed by atoms with Crippen LogP contribution in [0.25, 0.3) is 5.69 Å². The first-order chi connectivity index (χ1) is 14.6. The van der Waals surface area contributed by atoms with E-state index in [2.05, 4.69) is 22.7 Å². The number of benzene rings is 2. The van der Waals surface area contributed by atoms with Crippen molar-refractivity contribution in [3.8, 4) is 5.69 Å². The third-order valence-corrected chi connectivity index (χ3v) is 6.27. The molecule has 31 heavy (non-hydrogen) atoms. The Morgan fingerprint density at radius 3 is 2.58 bits per heavy atom. The predicted molar refractivity (Wildman–Crippen MR) is 129 cm³/mol. The van der Waals surface area contributed by atoms with Gasteiger partial charge in [0, 0.05) is 16.6 Å². The Labute approximate surface area is 194 Å². The molecular formula is C24H28Cl2N4O. The summed E-state index contributed by atoms with van der Waals surface area (Å²) in [6.45, 7) is 5.97. The number of aryl methyl sites for hydroxylation is 1. The van der Waals surface area contributed by atoms with Crippen LogP contribution in [0, 0.1) is 6.92 Å². The average molecular weight is 459 g/mol. The summed E-state index contributed by atoms with van der Waals surface area (Å²) in [5.74, 6) is 0.133. The molecule has 1 aliphatic heterocycles. The third-order valence-electron chi connectivity index (χ3n) is 5.86. The highest BCUT2D eigenvalue weighted by atomic mass is 35.5. The number of anilines is 1. The molecule has 0 radical (unpaired) electrons. The van der Waals surface area contributed by atoms with Crippen molar-refractivity contribution < 1.29 is 4.79 Å². The summed E-state index contributed by atoms with van der Waals surface area (Å²) < 4.78 is 1.91. The Hall–Kier alpha value is -2.34. The van der Waals surface area contributed by atoms with Crippen LogP contribution >= 0.6 is 24.0 Å². The standard InChI is InChI=1S/C24H27ClN4O.ClH/c1-3-17-7-9-19(10-8-17)28-24(30)20-15-27-29(22-6-4-5-21(25)16(22)2)23(20)18-11-13-26-14-12-18;/h4-10,15,18,26H,3,11-14H2,1-2H3,(H,28,30);1H. The Kier molecular flexibility index (Phi) is 7.76. The second-order valence-corrected chi connectivity index (χ2v) is 8.18. The number of amides is 1. The second-order valence-electron chi connectivity index (χ2n) is 7.77. The van der Waals surface area contributed by atoms with Gasteiger partial charge in [-0.2, -0.15) is 5.10 Å². The van der Waals surface area contributed by atoms with Gasteiger partial charge in [-0.25, -0.2) is 4.68 Å². The van der Waals surface area contributed by atoms with E-state index in [9.17, 15) is 4.79 Å². The highest BCUT2D eigenvalue weighted by Crippen LogP contribution is 2.32. The van der Waals surface area contributed by atoms with Crippen molar-refractivity contribution in [2.75, 3.05) is 18.4 Å². The van der Waals surface area contributed by atoms with Crippen LogP contribution in [0.5, 0.6) is 0 Å². The smallest absolute Gasteiger partial charge is 0.259 e. The van der Waals surface area contributed by atoms with Gasteiger partial charge in [-0.1, -0.05) is 36.7 Å². The van der Waals surface area contributed by atoms with Crippen molar-refractivity contribution in [3.63, 3.8) is 0 Å². The van der Waals surface area contributed by atoms with E-state index in [1.807, 2.05) is 54.1 Å². The van der Waals surface area contributed by atoms with Crippen LogP contribution in [-0.2, 0) is 6.42 Å². The van der Waals surface area contributed by atoms with Crippen LogP contribution in [0.15, 0.2) is 48.7 Å². The lowest BCUT2D eigenvalue weighted by molar-refractivity contribution is 0.102. The molecule has 1 aromatic heterocycles. The second kappa shape index (κ2) is 10.3.